The zero-order chi connectivity index (χ0) is 18.1. The van der Waals surface area contributed by atoms with E-state index in [-0.39, 0.29) is 11.2 Å². The average Bonchev–Trinajstić information content (AvgIpc) is 3.25. The van der Waals surface area contributed by atoms with Gasteiger partial charge < -0.3 is 5.32 Å². The van der Waals surface area contributed by atoms with E-state index in [4.69, 9.17) is 5.26 Å². The van der Waals surface area contributed by atoms with Crippen molar-refractivity contribution >= 4 is 55.6 Å². The quantitative estimate of drug-likeness (QED) is 0.510. The second-order valence-electron chi connectivity index (χ2n) is 6.09. The number of hydrogen-bond acceptors (Lipinski definition) is 7. The standard InChI is InChI=1S/C18H16N4OS3/c1-10(15(23)22-16-11(8-19)6-7-24-16)25-17-14-12-4-2-3-5-13(12)26-18(14)21-9-20-17/h6-7,9-10H,2-5H2,1H3,(H,22,23)/t10-/m1/s1. The Labute approximate surface area is 163 Å². The Morgan fingerprint density at radius 1 is 1.38 bits per heavy atom. The number of hydrogen-bond donors (Lipinski definition) is 1. The van der Waals surface area contributed by atoms with Crippen molar-refractivity contribution in [3.8, 4) is 6.07 Å². The third-order valence-electron chi connectivity index (χ3n) is 4.40. The summed E-state index contributed by atoms with van der Waals surface area (Å²) in [6.45, 7) is 1.87. The van der Waals surface area contributed by atoms with Crippen LogP contribution in [0.2, 0.25) is 0 Å². The lowest BCUT2D eigenvalue weighted by Gasteiger charge is -2.13. The van der Waals surface area contributed by atoms with Gasteiger partial charge in [-0.15, -0.1) is 22.7 Å². The van der Waals surface area contributed by atoms with Crippen molar-refractivity contribution in [2.45, 2.75) is 42.9 Å². The minimum absolute atomic E-state index is 0.121. The summed E-state index contributed by atoms with van der Waals surface area (Å²) in [5.74, 6) is -0.121. The molecule has 1 aliphatic carbocycles. The molecule has 0 saturated carbocycles. The van der Waals surface area contributed by atoms with Crippen molar-refractivity contribution in [2.24, 2.45) is 0 Å². The predicted molar refractivity (Wildman–Crippen MR) is 107 cm³/mol. The third-order valence-corrected chi connectivity index (χ3v) is 7.53. The second-order valence-corrected chi connectivity index (χ2v) is 9.42. The molecule has 0 aliphatic heterocycles. The SMILES string of the molecule is C[C@@H](Sc1ncnc2sc3c(c12)CCCC3)C(=O)Nc1sccc1C#N. The topological polar surface area (TPSA) is 78.7 Å². The first-order chi connectivity index (χ1) is 12.7. The zero-order valence-electron chi connectivity index (χ0n) is 14.1. The van der Waals surface area contributed by atoms with Crippen LogP contribution < -0.4 is 5.32 Å². The molecule has 26 heavy (non-hydrogen) atoms. The molecule has 132 valence electrons. The number of amides is 1. The highest BCUT2D eigenvalue weighted by atomic mass is 32.2. The van der Waals surface area contributed by atoms with Gasteiger partial charge >= 0.3 is 0 Å². The van der Waals surface area contributed by atoms with Crippen molar-refractivity contribution in [3.63, 3.8) is 0 Å². The fourth-order valence-electron chi connectivity index (χ4n) is 3.08. The highest BCUT2D eigenvalue weighted by Crippen LogP contribution is 2.40. The Bertz CT molecular complexity index is 1020. The van der Waals surface area contributed by atoms with Gasteiger partial charge in [-0.2, -0.15) is 5.26 Å². The van der Waals surface area contributed by atoms with Gasteiger partial charge in [-0.1, -0.05) is 11.8 Å². The molecule has 0 bridgehead atoms. The first-order valence-corrected chi connectivity index (χ1v) is 11.0. The Kier molecular flexibility index (Phi) is 4.94. The molecule has 3 aromatic heterocycles. The van der Waals surface area contributed by atoms with Crippen LogP contribution >= 0.6 is 34.4 Å². The normalized spacial score (nSPS) is 14.6. The molecule has 1 aliphatic rings. The third kappa shape index (κ3) is 3.22. The Balaban J connectivity index is 1.58. The summed E-state index contributed by atoms with van der Waals surface area (Å²) in [4.78, 5) is 23.9. The van der Waals surface area contributed by atoms with Gasteiger partial charge in [0, 0.05) is 10.3 Å². The fraction of sp³-hybridized carbons (Fsp3) is 0.333. The van der Waals surface area contributed by atoms with E-state index < -0.39 is 0 Å². The number of carbonyl (C=O) groups is 1. The molecule has 8 heteroatoms. The number of nitrogens with one attached hydrogen (secondary N) is 1. The zero-order valence-corrected chi connectivity index (χ0v) is 16.6. The molecule has 0 spiro atoms. The van der Waals surface area contributed by atoms with Crippen LogP contribution in [0.1, 0.15) is 35.8 Å². The number of carbonyl (C=O) groups excluding carboxylic acids is 1. The molecule has 3 heterocycles. The van der Waals surface area contributed by atoms with Crippen LogP contribution in [0.15, 0.2) is 22.8 Å². The summed E-state index contributed by atoms with van der Waals surface area (Å²) in [5, 5.41) is 16.0. The molecule has 1 amide bonds. The highest BCUT2D eigenvalue weighted by molar-refractivity contribution is 8.00. The largest absolute Gasteiger partial charge is 0.316 e. The van der Waals surface area contributed by atoms with Crippen molar-refractivity contribution in [1.82, 2.24) is 9.97 Å². The molecule has 3 aromatic rings. The highest BCUT2D eigenvalue weighted by Gasteiger charge is 2.23. The monoisotopic (exact) mass is 400 g/mol. The summed E-state index contributed by atoms with van der Waals surface area (Å²) in [7, 11) is 0. The van der Waals surface area contributed by atoms with E-state index in [0.29, 0.717) is 10.6 Å². The maximum Gasteiger partial charge on any atom is 0.238 e. The molecule has 0 aromatic carbocycles. The lowest BCUT2D eigenvalue weighted by Crippen LogP contribution is -2.22. The Hall–Kier alpha value is -1.95. The molecule has 1 atom stereocenters. The second kappa shape index (κ2) is 7.35. The van der Waals surface area contributed by atoms with E-state index in [2.05, 4.69) is 21.4 Å². The van der Waals surface area contributed by atoms with Gasteiger partial charge in [0.15, 0.2) is 0 Å². The molecule has 0 radical (unpaired) electrons. The van der Waals surface area contributed by atoms with Crippen molar-refractivity contribution in [2.75, 3.05) is 5.32 Å². The van der Waals surface area contributed by atoms with Crippen LogP contribution in [0.25, 0.3) is 10.2 Å². The van der Waals surface area contributed by atoms with Crippen LogP contribution in [-0.2, 0) is 17.6 Å². The molecule has 5 nitrogen and oxygen atoms in total. The molecular weight excluding hydrogens is 384 g/mol. The first-order valence-electron chi connectivity index (χ1n) is 8.37. The smallest absolute Gasteiger partial charge is 0.238 e. The van der Waals surface area contributed by atoms with Gasteiger partial charge in [-0.05, 0) is 49.6 Å². The maximum atomic E-state index is 12.6. The summed E-state index contributed by atoms with van der Waals surface area (Å²) in [5.41, 5.74) is 1.87. The summed E-state index contributed by atoms with van der Waals surface area (Å²) < 4.78 is 0. The van der Waals surface area contributed by atoms with E-state index in [1.165, 1.54) is 46.4 Å². The van der Waals surface area contributed by atoms with Gasteiger partial charge in [0.1, 0.15) is 27.3 Å². The van der Waals surface area contributed by atoms with E-state index in [9.17, 15) is 4.79 Å². The number of thioether (sulfide) groups is 1. The molecule has 0 saturated heterocycles. The van der Waals surface area contributed by atoms with Gasteiger partial charge in [0.2, 0.25) is 5.91 Å². The average molecular weight is 401 g/mol. The fourth-order valence-corrected chi connectivity index (χ4v) is 6.06. The molecule has 0 fully saturated rings. The molecule has 1 N–H and O–H groups in total. The summed E-state index contributed by atoms with van der Waals surface area (Å²) in [6.07, 6.45) is 6.20. The first kappa shape index (κ1) is 17.5. The minimum Gasteiger partial charge on any atom is -0.316 e. The lowest BCUT2D eigenvalue weighted by molar-refractivity contribution is -0.115. The molecule has 0 unspecified atom stereocenters. The van der Waals surface area contributed by atoms with E-state index in [0.717, 1.165) is 28.1 Å². The van der Waals surface area contributed by atoms with Crippen LogP contribution in [-0.4, -0.2) is 21.1 Å². The van der Waals surface area contributed by atoms with E-state index in [1.807, 2.05) is 6.92 Å². The Morgan fingerprint density at radius 2 is 2.23 bits per heavy atom. The number of fused-ring (bicyclic) bond motifs is 3. The van der Waals surface area contributed by atoms with E-state index in [1.54, 1.807) is 29.1 Å². The van der Waals surface area contributed by atoms with Gasteiger partial charge in [-0.25, -0.2) is 9.97 Å². The number of nitriles is 1. The number of aromatic nitrogens is 2. The van der Waals surface area contributed by atoms with Crippen molar-refractivity contribution in [1.29, 1.82) is 5.26 Å². The predicted octanol–water partition coefficient (Wildman–Crippen LogP) is 4.62. The van der Waals surface area contributed by atoms with Crippen LogP contribution in [0.4, 0.5) is 5.00 Å². The summed E-state index contributed by atoms with van der Waals surface area (Å²) in [6, 6.07) is 3.81. The number of thiophene rings is 2. The maximum absolute atomic E-state index is 12.6. The van der Waals surface area contributed by atoms with Crippen LogP contribution in [0.3, 0.4) is 0 Å². The molecular formula is C18H16N4OS3. The summed E-state index contributed by atoms with van der Waals surface area (Å²) >= 11 is 4.58. The number of rotatable bonds is 4. The van der Waals surface area contributed by atoms with Gasteiger partial charge in [-0.3, -0.25) is 4.79 Å². The van der Waals surface area contributed by atoms with Gasteiger partial charge in [0.25, 0.3) is 0 Å². The van der Waals surface area contributed by atoms with Gasteiger partial charge in [0.05, 0.1) is 10.8 Å². The van der Waals surface area contributed by atoms with Crippen LogP contribution in [0, 0.1) is 11.3 Å². The minimum atomic E-state index is -0.319. The molecule has 4 rings (SSSR count). The number of aryl methyl sites for hydroxylation is 2. The van der Waals surface area contributed by atoms with Crippen LogP contribution in [0.5, 0.6) is 0 Å². The number of anilines is 1. The number of nitrogens with zero attached hydrogens (tertiary/aromatic N) is 3. The van der Waals surface area contributed by atoms with E-state index >= 15 is 0 Å². The van der Waals surface area contributed by atoms with Crippen molar-refractivity contribution < 1.29 is 4.79 Å². The van der Waals surface area contributed by atoms with Crippen molar-refractivity contribution in [3.05, 3.63) is 33.8 Å². The Morgan fingerprint density at radius 3 is 3.08 bits per heavy atom. The lowest BCUT2D eigenvalue weighted by atomic mass is 9.97.